The van der Waals surface area contributed by atoms with Gasteiger partial charge in [-0.3, -0.25) is 9.59 Å². The van der Waals surface area contributed by atoms with Crippen LogP contribution in [0.25, 0.3) is 22.6 Å². The Morgan fingerprint density at radius 3 is 2.43 bits per heavy atom. The number of hydrogen-bond acceptors (Lipinski definition) is 6. The molecule has 6 rings (SSSR count). The molecule has 0 fully saturated rings. The summed E-state index contributed by atoms with van der Waals surface area (Å²) in [5.74, 6) is 0.676. The summed E-state index contributed by atoms with van der Waals surface area (Å²) < 4.78 is 12.1. The van der Waals surface area contributed by atoms with Crippen LogP contribution in [-0.2, 0) is 24.2 Å². The van der Waals surface area contributed by atoms with Gasteiger partial charge in [0.1, 0.15) is 11.5 Å². The minimum atomic E-state index is -1.08. The Morgan fingerprint density at radius 1 is 0.886 bits per heavy atom. The summed E-state index contributed by atoms with van der Waals surface area (Å²) in [7, 11) is 0. The normalized spacial score (nSPS) is 14.1. The molecular formula is C36H32N2O6. The van der Waals surface area contributed by atoms with E-state index in [4.69, 9.17) is 14.1 Å². The van der Waals surface area contributed by atoms with E-state index in [1.165, 1.54) is 4.90 Å². The molecule has 0 saturated heterocycles. The lowest BCUT2D eigenvalue weighted by Crippen LogP contribution is -2.28. The minimum Gasteiger partial charge on any atom is -0.493 e. The number of carboxylic acid groups (broad SMARTS) is 1. The maximum absolute atomic E-state index is 13.1. The fourth-order valence-corrected chi connectivity index (χ4v) is 5.53. The molecule has 0 saturated carbocycles. The topological polar surface area (TPSA) is 113 Å². The molecule has 222 valence electrons. The van der Waals surface area contributed by atoms with Gasteiger partial charge < -0.3 is 24.3 Å². The number of aliphatic hydroxyl groups excluding tert-OH is 1. The van der Waals surface area contributed by atoms with E-state index in [-0.39, 0.29) is 18.9 Å². The molecule has 1 atom stereocenters. The number of carbonyl (C=O) groups excluding carboxylic acids is 1. The maximum Gasteiger partial charge on any atom is 0.303 e. The minimum absolute atomic E-state index is 0.0496. The number of rotatable bonds is 11. The number of amides is 1. The molecule has 0 bridgehead atoms. The second-order valence-electron chi connectivity index (χ2n) is 10.8. The molecule has 5 aromatic rings. The third kappa shape index (κ3) is 6.11. The number of benzene rings is 4. The van der Waals surface area contributed by atoms with Crippen LogP contribution in [0.3, 0.4) is 0 Å². The van der Waals surface area contributed by atoms with Crippen LogP contribution >= 0.6 is 0 Å². The molecule has 0 aliphatic carbocycles. The monoisotopic (exact) mass is 588 g/mol. The standard InChI is InChI=1S/C36H32N2O6/c1-23-32(37-34(44-23)27-11-7-10-26(20-27)24-8-3-2-4-9-24)18-19-43-29-16-14-25(15-17-33(39)40)28(21-29)22-38-35(41)30-12-5-6-13-31(30)36(38)42/h2-14,16,20-21,35,41H,15,17-19,22H2,1H3,(H,39,40). The predicted octanol–water partition coefficient (Wildman–Crippen LogP) is 6.60. The molecule has 1 amide bonds. The molecule has 1 aliphatic rings. The van der Waals surface area contributed by atoms with Crippen molar-refractivity contribution in [3.05, 3.63) is 131 Å². The number of carbonyl (C=O) groups is 2. The fourth-order valence-electron chi connectivity index (χ4n) is 5.53. The molecule has 44 heavy (non-hydrogen) atoms. The third-order valence-corrected chi connectivity index (χ3v) is 7.87. The number of aromatic nitrogens is 1. The van der Waals surface area contributed by atoms with Crippen LogP contribution in [0.5, 0.6) is 5.75 Å². The Balaban J connectivity index is 1.15. The second kappa shape index (κ2) is 12.6. The molecule has 0 spiro atoms. The Bertz CT molecular complexity index is 1810. The van der Waals surface area contributed by atoms with Crippen LogP contribution in [0.2, 0.25) is 0 Å². The van der Waals surface area contributed by atoms with Gasteiger partial charge in [-0.1, -0.05) is 66.7 Å². The van der Waals surface area contributed by atoms with E-state index in [0.717, 1.165) is 39.3 Å². The number of fused-ring (bicyclic) bond motifs is 1. The van der Waals surface area contributed by atoms with Crippen LogP contribution in [-0.4, -0.2) is 38.6 Å². The van der Waals surface area contributed by atoms with E-state index in [1.54, 1.807) is 30.3 Å². The van der Waals surface area contributed by atoms with E-state index in [0.29, 0.717) is 42.2 Å². The predicted molar refractivity (Wildman–Crippen MR) is 165 cm³/mol. The Morgan fingerprint density at radius 2 is 1.64 bits per heavy atom. The van der Waals surface area contributed by atoms with E-state index in [2.05, 4.69) is 24.3 Å². The number of ether oxygens (including phenoxy) is 1. The molecular weight excluding hydrogens is 556 g/mol. The molecule has 2 N–H and O–H groups in total. The summed E-state index contributed by atoms with van der Waals surface area (Å²) in [5, 5.41) is 20.1. The number of hydrogen-bond donors (Lipinski definition) is 2. The molecule has 2 heterocycles. The first-order valence-corrected chi connectivity index (χ1v) is 14.5. The lowest BCUT2D eigenvalue weighted by atomic mass is 10.0. The van der Waals surface area contributed by atoms with Gasteiger partial charge in [-0.15, -0.1) is 0 Å². The van der Waals surface area contributed by atoms with Gasteiger partial charge in [0.05, 0.1) is 12.3 Å². The van der Waals surface area contributed by atoms with Crippen molar-refractivity contribution in [3.63, 3.8) is 0 Å². The van der Waals surface area contributed by atoms with Crippen molar-refractivity contribution in [1.29, 1.82) is 0 Å². The van der Waals surface area contributed by atoms with Crippen LogP contribution < -0.4 is 4.74 Å². The number of carboxylic acids is 1. The summed E-state index contributed by atoms with van der Waals surface area (Å²) in [4.78, 5) is 30.5. The lowest BCUT2D eigenvalue weighted by Gasteiger charge is -2.23. The quantitative estimate of drug-likeness (QED) is 0.179. The van der Waals surface area contributed by atoms with E-state index in [1.807, 2.05) is 49.4 Å². The van der Waals surface area contributed by atoms with Crippen molar-refractivity contribution in [3.8, 4) is 28.3 Å². The van der Waals surface area contributed by atoms with Gasteiger partial charge in [0.25, 0.3) is 5.91 Å². The highest BCUT2D eigenvalue weighted by atomic mass is 16.5. The number of aliphatic carboxylic acids is 1. The smallest absolute Gasteiger partial charge is 0.303 e. The number of aryl methyl sites for hydroxylation is 2. The van der Waals surface area contributed by atoms with E-state index < -0.39 is 12.2 Å². The first kappa shape index (κ1) is 28.9. The van der Waals surface area contributed by atoms with Crippen molar-refractivity contribution in [2.24, 2.45) is 0 Å². The molecule has 8 nitrogen and oxygen atoms in total. The van der Waals surface area contributed by atoms with Gasteiger partial charge in [0.2, 0.25) is 5.89 Å². The average Bonchev–Trinajstić information content (AvgIpc) is 3.53. The molecule has 8 heteroatoms. The zero-order valence-corrected chi connectivity index (χ0v) is 24.3. The number of oxazole rings is 1. The lowest BCUT2D eigenvalue weighted by molar-refractivity contribution is -0.136. The molecule has 1 unspecified atom stereocenters. The summed E-state index contributed by atoms with van der Waals surface area (Å²) >= 11 is 0. The van der Waals surface area contributed by atoms with Gasteiger partial charge in [-0.25, -0.2) is 4.98 Å². The summed E-state index contributed by atoms with van der Waals surface area (Å²) in [6.07, 6.45) is -0.315. The van der Waals surface area contributed by atoms with Crippen molar-refractivity contribution in [2.45, 2.75) is 39.0 Å². The summed E-state index contributed by atoms with van der Waals surface area (Å²) in [6, 6.07) is 30.7. The van der Waals surface area contributed by atoms with E-state index >= 15 is 0 Å². The largest absolute Gasteiger partial charge is 0.493 e. The number of nitrogens with zero attached hydrogens (tertiary/aromatic N) is 2. The van der Waals surface area contributed by atoms with Gasteiger partial charge in [0, 0.05) is 36.1 Å². The van der Waals surface area contributed by atoms with Crippen LogP contribution in [0.15, 0.2) is 101 Å². The highest BCUT2D eigenvalue weighted by Crippen LogP contribution is 2.34. The van der Waals surface area contributed by atoms with Gasteiger partial charge in [-0.05, 0) is 65.9 Å². The maximum atomic E-state index is 13.1. The zero-order valence-electron chi connectivity index (χ0n) is 24.3. The highest BCUT2D eigenvalue weighted by molar-refractivity contribution is 5.98. The Kier molecular flexibility index (Phi) is 8.25. The van der Waals surface area contributed by atoms with Gasteiger partial charge in [-0.2, -0.15) is 0 Å². The van der Waals surface area contributed by atoms with Crippen molar-refractivity contribution < 1.29 is 29.0 Å². The molecule has 1 aliphatic heterocycles. The third-order valence-electron chi connectivity index (χ3n) is 7.87. The Hall–Kier alpha value is -5.21. The molecule has 4 aromatic carbocycles. The number of aliphatic hydroxyl groups is 1. The van der Waals surface area contributed by atoms with Crippen molar-refractivity contribution in [2.75, 3.05) is 6.61 Å². The first-order valence-electron chi connectivity index (χ1n) is 14.5. The van der Waals surface area contributed by atoms with Crippen molar-refractivity contribution >= 4 is 11.9 Å². The zero-order chi connectivity index (χ0) is 30.6. The molecule has 1 aromatic heterocycles. The highest BCUT2D eigenvalue weighted by Gasteiger charge is 2.35. The van der Waals surface area contributed by atoms with Gasteiger partial charge in [0.15, 0.2) is 6.23 Å². The van der Waals surface area contributed by atoms with Crippen LogP contribution in [0.4, 0.5) is 0 Å². The SMILES string of the molecule is Cc1oc(-c2cccc(-c3ccccc3)c2)nc1CCOc1ccc(CCC(=O)O)c(CN2C(=O)c3ccccc3C2O)c1. The van der Waals surface area contributed by atoms with Crippen LogP contribution in [0, 0.1) is 6.92 Å². The van der Waals surface area contributed by atoms with Gasteiger partial charge >= 0.3 is 5.97 Å². The second-order valence-corrected chi connectivity index (χ2v) is 10.8. The van der Waals surface area contributed by atoms with Crippen LogP contribution in [0.1, 0.15) is 51.2 Å². The first-order chi connectivity index (χ1) is 21.4. The summed E-state index contributed by atoms with van der Waals surface area (Å²) in [6.45, 7) is 2.34. The average molecular weight is 589 g/mol. The Labute approximate surface area is 255 Å². The fraction of sp³-hybridized carbons (Fsp3) is 0.194. The van der Waals surface area contributed by atoms with E-state index in [9.17, 15) is 19.8 Å². The van der Waals surface area contributed by atoms with Crippen molar-refractivity contribution in [1.82, 2.24) is 9.88 Å². The summed E-state index contributed by atoms with van der Waals surface area (Å²) in [5.41, 5.74) is 6.43. The molecule has 0 radical (unpaired) electrons.